The Morgan fingerprint density at radius 2 is 2.32 bits per heavy atom. The molecule has 0 aliphatic rings. The van der Waals surface area contributed by atoms with Crippen molar-refractivity contribution < 1.29 is 13.2 Å². The number of anilines is 1. The predicted molar refractivity (Wildman–Crippen MR) is 67.8 cm³/mol. The first-order valence-corrected chi connectivity index (χ1v) is 6.78. The molecule has 0 atom stereocenters. The Labute approximate surface area is 110 Å². The number of nitrogens with one attached hydrogen (secondary N) is 2. The first kappa shape index (κ1) is 13.3. The van der Waals surface area contributed by atoms with E-state index in [0.29, 0.717) is 5.88 Å². The molecule has 2 aromatic heterocycles. The summed E-state index contributed by atoms with van der Waals surface area (Å²) in [5.74, 6) is 0.416. The van der Waals surface area contributed by atoms with Crippen LogP contribution in [0.15, 0.2) is 29.4 Å². The molecule has 19 heavy (non-hydrogen) atoms. The molecule has 0 saturated heterocycles. The highest BCUT2D eigenvalue weighted by atomic mass is 32.2. The second-order valence-electron chi connectivity index (χ2n) is 3.68. The average molecular weight is 283 g/mol. The molecule has 0 aromatic carbocycles. The lowest BCUT2D eigenvalue weighted by atomic mass is 10.3. The van der Waals surface area contributed by atoms with Crippen LogP contribution in [-0.2, 0) is 16.6 Å². The number of rotatable bonds is 5. The molecule has 2 heterocycles. The highest BCUT2D eigenvalue weighted by molar-refractivity contribution is 7.89. The number of hydrogen-bond donors (Lipinski definition) is 3. The summed E-state index contributed by atoms with van der Waals surface area (Å²) in [6, 6.07) is 3.32. The van der Waals surface area contributed by atoms with Crippen molar-refractivity contribution >= 4 is 15.8 Å². The number of H-pyrrole nitrogens is 1. The standard InChI is InChI=1S/C10H13N5O3S/c1-18-9-4-7(2-3-12-9)5-14-19(16,17)8-6-13-15-10(8)11/h2-4,6,14H,5H2,1H3,(H3,11,13,15). The zero-order chi connectivity index (χ0) is 13.9. The number of nitrogen functional groups attached to an aromatic ring is 1. The summed E-state index contributed by atoms with van der Waals surface area (Å²) >= 11 is 0. The largest absolute Gasteiger partial charge is 0.481 e. The van der Waals surface area contributed by atoms with E-state index in [2.05, 4.69) is 19.9 Å². The molecule has 2 aromatic rings. The zero-order valence-electron chi connectivity index (χ0n) is 10.1. The van der Waals surface area contributed by atoms with Gasteiger partial charge in [-0.05, 0) is 11.6 Å². The summed E-state index contributed by atoms with van der Waals surface area (Å²) in [6.07, 6.45) is 2.69. The Bertz CT molecular complexity index is 667. The van der Waals surface area contributed by atoms with Gasteiger partial charge in [-0.25, -0.2) is 18.1 Å². The maximum atomic E-state index is 11.9. The van der Waals surface area contributed by atoms with Crippen molar-refractivity contribution in [3.63, 3.8) is 0 Å². The lowest BCUT2D eigenvalue weighted by Crippen LogP contribution is -2.23. The van der Waals surface area contributed by atoms with Crippen molar-refractivity contribution in [3.8, 4) is 5.88 Å². The van der Waals surface area contributed by atoms with E-state index in [0.717, 1.165) is 11.8 Å². The number of methoxy groups -OCH3 is 1. The Morgan fingerprint density at radius 3 is 2.95 bits per heavy atom. The lowest BCUT2D eigenvalue weighted by Gasteiger charge is -2.06. The highest BCUT2D eigenvalue weighted by Gasteiger charge is 2.18. The molecular formula is C10H13N5O3S. The number of nitrogens with two attached hydrogens (primary N) is 1. The van der Waals surface area contributed by atoms with Crippen molar-refractivity contribution in [1.82, 2.24) is 19.9 Å². The summed E-state index contributed by atoms with van der Waals surface area (Å²) in [7, 11) is -2.21. The van der Waals surface area contributed by atoms with Gasteiger partial charge in [-0.3, -0.25) is 5.10 Å². The summed E-state index contributed by atoms with van der Waals surface area (Å²) in [4.78, 5) is 3.86. The molecule has 2 rings (SSSR count). The van der Waals surface area contributed by atoms with Crippen LogP contribution in [-0.4, -0.2) is 30.7 Å². The second-order valence-corrected chi connectivity index (χ2v) is 5.41. The first-order valence-electron chi connectivity index (χ1n) is 5.30. The van der Waals surface area contributed by atoms with Gasteiger partial charge in [0.1, 0.15) is 10.7 Å². The number of aromatic nitrogens is 3. The Kier molecular flexibility index (Phi) is 3.67. The summed E-state index contributed by atoms with van der Waals surface area (Å²) in [5.41, 5.74) is 6.19. The SMILES string of the molecule is COc1cc(CNS(=O)(=O)c2cn[nH]c2N)ccn1. The van der Waals surface area contributed by atoms with Crippen LogP contribution < -0.4 is 15.2 Å². The predicted octanol–water partition coefficient (Wildman–Crippen LogP) is -0.126. The Morgan fingerprint density at radius 1 is 1.53 bits per heavy atom. The number of nitrogens with zero attached hydrogens (tertiary/aromatic N) is 2. The Hall–Kier alpha value is -2.13. The van der Waals surface area contributed by atoms with E-state index in [-0.39, 0.29) is 17.3 Å². The van der Waals surface area contributed by atoms with Crippen LogP contribution in [0.2, 0.25) is 0 Å². The lowest BCUT2D eigenvalue weighted by molar-refractivity contribution is 0.397. The third-order valence-electron chi connectivity index (χ3n) is 2.40. The molecular weight excluding hydrogens is 270 g/mol. The van der Waals surface area contributed by atoms with Gasteiger partial charge in [0.05, 0.1) is 13.3 Å². The van der Waals surface area contributed by atoms with Crippen LogP contribution in [0.25, 0.3) is 0 Å². The molecule has 4 N–H and O–H groups in total. The van der Waals surface area contributed by atoms with Gasteiger partial charge in [0.2, 0.25) is 15.9 Å². The third kappa shape index (κ3) is 3.01. The van der Waals surface area contributed by atoms with Gasteiger partial charge in [0.25, 0.3) is 0 Å². The van der Waals surface area contributed by atoms with Crippen molar-refractivity contribution in [1.29, 1.82) is 0 Å². The summed E-state index contributed by atoms with van der Waals surface area (Å²) in [6.45, 7) is 0.103. The molecule has 0 saturated carbocycles. The van der Waals surface area contributed by atoms with E-state index in [4.69, 9.17) is 10.5 Å². The zero-order valence-corrected chi connectivity index (χ0v) is 10.9. The maximum absolute atomic E-state index is 11.9. The van der Waals surface area contributed by atoms with E-state index >= 15 is 0 Å². The molecule has 0 aliphatic heterocycles. The van der Waals surface area contributed by atoms with Crippen LogP contribution in [0.4, 0.5) is 5.82 Å². The molecule has 0 aliphatic carbocycles. The monoisotopic (exact) mass is 283 g/mol. The van der Waals surface area contributed by atoms with Crippen molar-refractivity contribution in [2.45, 2.75) is 11.4 Å². The quantitative estimate of drug-likeness (QED) is 0.702. The minimum Gasteiger partial charge on any atom is -0.481 e. The van der Waals surface area contributed by atoms with E-state index in [1.165, 1.54) is 13.3 Å². The first-order chi connectivity index (χ1) is 9.03. The molecule has 9 heteroatoms. The number of ether oxygens (including phenoxy) is 1. The average Bonchev–Trinajstić information content (AvgIpc) is 2.84. The minimum absolute atomic E-state index is 0.000177. The van der Waals surface area contributed by atoms with E-state index in [9.17, 15) is 8.42 Å². The normalized spacial score (nSPS) is 11.4. The molecule has 0 spiro atoms. The van der Waals surface area contributed by atoms with Crippen LogP contribution in [0.1, 0.15) is 5.56 Å². The summed E-state index contributed by atoms with van der Waals surface area (Å²) in [5, 5.41) is 5.94. The molecule has 0 radical (unpaired) electrons. The van der Waals surface area contributed by atoms with Gasteiger partial charge in [-0.2, -0.15) is 5.10 Å². The van der Waals surface area contributed by atoms with Gasteiger partial charge < -0.3 is 10.5 Å². The van der Waals surface area contributed by atoms with E-state index in [1.807, 2.05) is 0 Å². The van der Waals surface area contributed by atoms with Crippen molar-refractivity contribution in [2.75, 3.05) is 12.8 Å². The Balaban J connectivity index is 2.12. The molecule has 0 fully saturated rings. The van der Waals surface area contributed by atoms with Gasteiger partial charge in [0, 0.05) is 18.8 Å². The molecule has 0 bridgehead atoms. The second kappa shape index (κ2) is 5.24. The van der Waals surface area contributed by atoms with E-state index in [1.54, 1.807) is 12.1 Å². The van der Waals surface area contributed by atoms with Crippen molar-refractivity contribution in [3.05, 3.63) is 30.1 Å². The molecule has 0 amide bonds. The number of sulfonamides is 1. The fraction of sp³-hybridized carbons (Fsp3) is 0.200. The molecule has 8 nitrogen and oxygen atoms in total. The van der Waals surface area contributed by atoms with Gasteiger partial charge in [-0.1, -0.05) is 0 Å². The van der Waals surface area contributed by atoms with Crippen LogP contribution in [0, 0.1) is 0 Å². The smallest absolute Gasteiger partial charge is 0.246 e. The highest BCUT2D eigenvalue weighted by Crippen LogP contribution is 2.15. The number of pyridine rings is 1. The van der Waals surface area contributed by atoms with Crippen molar-refractivity contribution in [2.24, 2.45) is 0 Å². The third-order valence-corrected chi connectivity index (χ3v) is 3.83. The van der Waals surface area contributed by atoms with Gasteiger partial charge in [0.15, 0.2) is 0 Å². The number of hydrogen-bond acceptors (Lipinski definition) is 6. The van der Waals surface area contributed by atoms with Gasteiger partial charge in [-0.15, -0.1) is 0 Å². The fourth-order valence-corrected chi connectivity index (χ4v) is 2.47. The van der Waals surface area contributed by atoms with Crippen LogP contribution >= 0.6 is 0 Å². The molecule has 102 valence electrons. The van der Waals surface area contributed by atoms with Gasteiger partial charge >= 0.3 is 0 Å². The topological polar surface area (TPSA) is 123 Å². The molecule has 0 unspecified atom stereocenters. The van der Waals surface area contributed by atoms with Crippen LogP contribution in [0.5, 0.6) is 5.88 Å². The summed E-state index contributed by atoms with van der Waals surface area (Å²) < 4.78 is 31.3. The maximum Gasteiger partial charge on any atom is 0.246 e. The fourth-order valence-electron chi connectivity index (χ4n) is 1.43. The minimum atomic E-state index is -3.70. The number of aromatic amines is 1. The van der Waals surface area contributed by atoms with E-state index < -0.39 is 10.0 Å². The van der Waals surface area contributed by atoms with Crippen LogP contribution in [0.3, 0.4) is 0 Å².